The largest absolute Gasteiger partial charge is 0.490 e. The van der Waals surface area contributed by atoms with E-state index in [1.54, 1.807) is 11.5 Å². The van der Waals surface area contributed by atoms with Crippen LogP contribution in [0.4, 0.5) is 0 Å². The second-order valence-corrected chi connectivity index (χ2v) is 12.0. The molecule has 206 valence electrons. The number of esters is 1. The Hall–Kier alpha value is -2.97. The van der Waals surface area contributed by atoms with Gasteiger partial charge in [0.25, 0.3) is 5.56 Å². The minimum Gasteiger partial charge on any atom is -0.490 e. The van der Waals surface area contributed by atoms with Crippen LogP contribution in [0.1, 0.15) is 83.0 Å². The molecule has 0 spiro atoms. The number of hydrogen-bond acceptors (Lipinski definition) is 6. The minimum absolute atomic E-state index is 0.0166. The van der Waals surface area contributed by atoms with E-state index in [1.165, 1.54) is 16.9 Å². The molecule has 0 amide bonds. The lowest BCUT2D eigenvalue weighted by atomic mass is 9.92. The number of rotatable bonds is 9. The third kappa shape index (κ3) is 6.28. The van der Waals surface area contributed by atoms with Crippen LogP contribution >= 0.6 is 27.3 Å². The number of thiazole rings is 1. The van der Waals surface area contributed by atoms with E-state index in [9.17, 15) is 9.59 Å². The molecule has 1 atom stereocenters. The molecule has 0 fully saturated rings. The van der Waals surface area contributed by atoms with Crippen LogP contribution < -0.4 is 19.6 Å². The highest BCUT2D eigenvalue weighted by Crippen LogP contribution is 2.33. The maximum absolute atomic E-state index is 14.0. The Morgan fingerprint density at radius 2 is 1.85 bits per heavy atom. The summed E-state index contributed by atoms with van der Waals surface area (Å²) < 4.78 is 14.6. The molecule has 1 aromatic heterocycles. The highest BCUT2D eigenvalue weighted by atomic mass is 79.9. The Bertz CT molecular complexity index is 1570. The first-order chi connectivity index (χ1) is 18.6. The van der Waals surface area contributed by atoms with Gasteiger partial charge in [0.2, 0.25) is 0 Å². The van der Waals surface area contributed by atoms with Gasteiger partial charge < -0.3 is 9.47 Å². The molecule has 4 rings (SSSR count). The minimum atomic E-state index is -0.626. The van der Waals surface area contributed by atoms with E-state index in [0.29, 0.717) is 38.7 Å². The van der Waals surface area contributed by atoms with Crippen LogP contribution in [0.5, 0.6) is 5.75 Å². The van der Waals surface area contributed by atoms with Crippen molar-refractivity contribution in [3.63, 3.8) is 0 Å². The van der Waals surface area contributed by atoms with Crippen molar-refractivity contribution in [2.24, 2.45) is 4.99 Å². The highest BCUT2D eigenvalue weighted by Gasteiger charge is 2.34. The number of nitrogens with zero attached hydrogens (tertiary/aromatic N) is 2. The summed E-state index contributed by atoms with van der Waals surface area (Å²) in [6, 6.07) is 13.3. The molecule has 0 unspecified atom stereocenters. The molecule has 0 bridgehead atoms. The lowest BCUT2D eigenvalue weighted by Gasteiger charge is -2.26. The third-order valence-electron chi connectivity index (χ3n) is 6.43. The zero-order chi connectivity index (χ0) is 28.3. The fraction of sp³-hybridized carbons (Fsp3) is 0.387. The van der Waals surface area contributed by atoms with Gasteiger partial charge in [-0.2, -0.15) is 0 Å². The van der Waals surface area contributed by atoms with Gasteiger partial charge in [0.1, 0.15) is 5.75 Å². The highest BCUT2D eigenvalue weighted by molar-refractivity contribution is 9.10. The van der Waals surface area contributed by atoms with Crippen LogP contribution in [0.3, 0.4) is 0 Å². The van der Waals surface area contributed by atoms with Gasteiger partial charge in [0.15, 0.2) is 4.80 Å². The Labute approximate surface area is 241 Å². The van der Waals surface area contributed by atoms with E-state index < -0.39 is 12.0 Å². The second kappa shape index (κ2) is 12.5. The standard InChI is InChI=1S/C31H35BrN2O4S/c1-7-9-24-27(30(36)37-8-2)28(21-12-10-20(11-13-21)18(3)4)34-29(35)26(39-31(34)33-24)17-22-16-23(32)14-15-25(22)38-19(5)6/h10-19,28H,7-9H2,1-6H3/b26-17+/t28-/m0/s1. The zero-order valence-corrected chi connectivity index (χ0v) is 25.7. The van der Waals surface area contributed by atoms with Crippen LogP contribution in [0.15, 0.2) is 68.0 Å². The van der Waals surface area contributed by atoms with E-state index in [1.807, 2.05) is 50.3 Å². The van der Waals surface area contributed by atoms with Crippen LogP contribution in [0.2, 0.25) is 0 Å². The molecule has 0 radical (unpaired) electrons. The maximum Gasteiger partial charge on any atom is 0.338 e. The van der Waals surface area contributed by atoms with E-state index in [4.69, 9.17) is 14.5 Å². The predicted molar refractivity (Wildman–Crippen MR) is 160 cm³/mol. The maximum atomic E-state index is 14.0. The Kier molecular flexibility index (Phi) is 9.28. The lowest BCUT2D eigenvalue weighted by Crippen LogP contribution is -2.40. The van der Waals surface area contributed by atoms with E-state index in [2.05, 4.69) is 48.8 Å². The Morgan fingerprint density at radius 3 is 2.46 bits per heavy atom. The monoisotopic (exact) mass is 610 g/mol. The summed E-state index contributed by atoms with van der Waals surface area (Å²) in [6.45, 7) is 12.3. The summed E-state index contributed by atoms with van der Waals surface area (Å²) in [4.78, 5) is 32.8. The summed E-state index contributed by atoms with van der Waals surface area (Å²) in [5.41, 5.74) is 3.73. The molecule has 39 heavy (non-hydrogen) atoms. The molecule has 2 aromatic carbocycles. The van der Waals surface area contributed by atoms with Crippen LogP contribution in [-0.2, 0) is 9.53 Å². The molecule has 0 aliphatic carbocycles. The number of halogens is 1. The number of carbonyl (C=O) groups excluding carboxylic acids is 1. The number of fused-ring (bicyclic) bond motifs is 1. The summed E-state index contributed by atoms with van der Waals surface area (Å²) in [5.74, 6) is 0.625. The molecule has 1 aliphatic heterocycles. The van der Waals surface area contributed by atoms with Gasteiger partial charge in [0, 0.05) is 10.0 Å². The number of carbonyl (C=O) groups is 1. The van der Waals surface area contributed by atoms with Crippen molar-refractivity contribution in [3.8, 4) is 5.75 Å². The molecule has 0 saturated heterocycles. The van der Waals surface area contributed by atoms with Crippen molar-refractivity contribution in [1.29, 1.82) is 0 Å². The fourth-order valence-electron chi connectivity index (χ4n) is 4.63. The van der Waals surface area contributed by atoms with Crippen LogP contribution in [0.25, 0.3) is 6.08 Å². The van der Waals surface area contributed by atoms with Gasteiger partial charge >= 0.3 is 5.97 Å². The van der Waals surface area contributed by atoms with E-state index in [0.717, 1.165) is 22.0 Å². The molecule has 0 N–H and O–H groups in total. The Morgan fingerprint density at radius 1 is 1.13 bits per heavy atom. The third-order valence-corrected chi connectivity index (χ3v) is 7.91. The molecule has 8 heteroatoms. The van der Waals surface area contributed by atoms with Gasteiger partial charge in [-0.3, -0.25) is 9.36 Å². The van der Waals surface area contributed by atoms with E-state index >= 15 is 0 Å². The smallest absolute Gasteiger partial charge is 0.338 e. The number of aromatic nitrogens is 1. The number of hydrogen-bond donors (Lipinski definition) is 0. The van der Waals surface area contributed by atoms with Gasteiger partial charge in [-0.05, 0) is 68.5 Å². The number of allylic oxidation sites excluding steroid dienone is 1. The van der Waals surface area contributed by atoms with Gasteiger partial charge in [-0.15, -0.1) is 0 Å². The van der Waals surface area contributed by atoms with Crippen molar-refractivity contribution in [2.75, 3.05) is 6.61 Å². The average Bonchev–Trinajstić information content (AvgIpc) is 3.19. The van der Waals surface area contributed by atoms with Crippen molar-refractivity contribution in [1.82, 2.24) is 4.57 Å². The zero-order valence-electron chi connectivity index (χ0n) is 23.3. The van der Waals surface area contributed by atoms with Crippen molar-refractivity contribution in [3.05, 3.63) is 94.6 Å². The van der Waals surface area contributed by atoms with Gasteiger partial charge in [-0.25, -0.2) is 9.79 Å². The fourth-order valence-corrected chi connectivity index (χ4v) is 6.02. The summed E-state index contributed by atoms with van der Waals surface area (Å²) in [5, 5.41) is 0. The first-order valence-electron chi connectivity index (χ1n) is 13.4. The quantitative estimate of drug-likeness (QED) is 0.268. The first kappa shape index (κ1) is 29.0. The van der Waals surface area contributed by atoms with Crippen molar-refractivity contribution in [2.45, 2.75) is 72.4 Å². The molecule has 6 nitrogen and oxygen atoms in total. The van der Waals surface area contributed by atoms with Crippen molar-refractivity contribution < 1.29 is 14.3 Å². The summed E-state index contributed by atoms with van der Waals surface area (Å²) >= 11 is 4.86. The predicted octanol–water partition coefficient (Wildman–Crippen LogP) is 6.25. The van der Waals surface area contributed by atoms with Crippen LogP contribution in [0, 0.1) is 0 Å². The van der Waals surface area contributed by atoms with Gasteiger partial charge in [-0.1, -0.05) is 78.7 Å². The van der Waals surface area contributed by atoms with E-state index in [-0.39, 0.29) is 18.3 Å². The summed E-state index contributed by atoms with van der Waals surface area (Å²) in [6.07, 6.45) is 3.25. The second-order valence-electron chi connectivity index (χ2n) is 10.1. The average molecular weight is 612 g/mol. The molecular formula is C31H35BrN2O4S. The molecule has 0 saturated carbocycles. The Balaban J connectivity index is 1.98. The summed E-state index contributed by atoms with van der Waals surface area (Å²) in [7, 11) is 0. The number of ether oxygens (including phenoxy) is 2. The molecular weight excluding hydrogens is 576 g/mol. The SMILES string of the molecule is CCCC1=C(C(=O)OCC)[C@H](c2ccc(C(C)C)cc2)n2c(s/c(=C/c3cc(Br)ccc3OC(C)C)c2=O)=N1. The van der Waals surface area contributed by atoms with Crippen LogP contribution in [-0.4, -0.2) is 23.2 Å². The first-order valence-corrected chi connectivity index (χ1v) is 15.0. The van der Waals surface area contributed by atoms with Crippen molar-refractivity contribution >= 4 is 39.3 Å². The van der Waals surface area contributed by atoms with Gasteiger partial charge in [0.05, 0.1) is 34.6 Å². The molecule has 3 aromatic rings. The molecule has 1 aliphatic rings. The number of benzene rings is 2. The lowest BCUT2D eigenvalue weighted by molar-refractivity contribution is -0.139. The normalized spacial score (nSPS) is 15.5. The topological polar surface area (TPSA) is 69.9 Å². The molecule has 2 heterocycles.